The van der Waals surface area contributed by atoms with Crippen molar-refractivity contribution in [1.82, 2.24) is 9.97 Å². The number of hydrogen-bond donors (Lipinski definition) is 2. The van der Waals surface area contributed by atoms with Gasteiger partial charge < -0.3 is 10.6 Å². The van der Waals surface area contributed by atoms with Gasteiger partial charge in [-0.1, -0.05) is 0 Å². The third-order valence-corrected chi connectivity index (χ3v) is 2.54. The minimum atomic E-state index is -0.559. The van der Waals surface area contributed by atoms with Crippen molar-refractivity contribution in [2.75, 3.05) is 10.6 Å². The number of nitro groups is 1. The van der Waals surface area contributed by atoms with Crippen molar-refractivity contribution in [3.05, 3.63) is 46.5 Å². The van der Waals surface area contributed by atoms with Crippen molar-refractivity contribution in [3.8, 4) is 0 Å². The van der Waals surface area contributed by atoms with Crippen LogP contribution in [0.5, 0.6) is 0 Å². The molecule has 0 aliphatic rings. The molecule has 0 aliphatic carbocycles. The first-order valence-electron chi connectivity index (χ1n) is 6.26. The van der Waals surface area contributed by atoms with E-state index < -0.39 is 4.92 Å². The third kappa shape index (κ3) is 3.62. The Bertz CT molecular complexity index is 646. The molecule has 0 fully saturated rings. The lowest BCUT2D eigenvalue weighted by atomic mass is 10.3. The van der Waals surface area contributed by atoms with E-state index in [0.29, 0.717) is 5.69 Å². The van der Waals surface area contributed by atoms with Crippen molar-refractivity contribution in [2.24, 2.45) is 0 Å². The summed E-state index contributed by atoms with van der Waals surface area (Å²) in [5, 5.41) is 16.9. The van der Waals surface area contributed by atoms with Crippen LogP contribution < -0.4 is 10.6 Å². The Morgan fingerprint density at radius 2 is 1.81 bits per heavy atom. The molecule has 0 bridgehead atoms. The molecule has 1 heterocycles. The van der Waals surface area contributed by atoms with E-state index in [1.165, 1.54) is 30.6 Å². The van der Waals surface area contributed by atoms with Crippen molar-refractivity contribution in [2.45, 2.75) is 19.9 Å². The van der Waals surface area contributed by atoms with Crippen LogP contribution in [-0.4, -0.2) is 20.9 Å². The molecule has 0 saturated carbocycles. The highest BCUT2D eigenvalue weighted by atomic mass is 19.1. The van der Waals surface area contributed by atoms with E-state index in [1.807, 2.05) is 13.8 Å². The van der Waals surface area contributed by atoms with E-state index in [9.17, 15) is 14.5 Å². The van der Waals surface area contributed by atoms with E-state index in [-0.39, 0.29) is 29.2 Å². The summed E-state index contributed by atoms with van der Waals surface area (Å²) in [6.45, 7) is 3.69. The molecule has 0 atom stereocenters. The SMILES string of the molecule is CC(C)Nc1ncnc(Nc2ccc(F)cc2)c1[N+](=O)[O-]. The number of nitrogens with one attached hydrogen (secondary N) is 2. The van der Waals surface area contributed by atoms with Gasteiger partial charge in [0.25, 0.3) is 0 Å². The minimum Gasteiger partial charge on any atom is -0.362 e. The highest BCUT2D eigenvalue weighted by molar-refractivity contribution is 5.73. The van der Waals surface area contributed by atoms with Crippen molar-refractivity contribution in [3.63, 3.8) is 0 Å². The summed E-state index contributed by atoms with van der Waals surface area (Å²) in [7, 11) is 0. The van der Waals surface area contributed by atoms with Crippen LogP contribution in [-0.2, 0) is 0 Å². The molecule has 2 N–H and O–H groups in total. The van der Waals surface area contributed by atoms with Crippen LogP contribution in [0.1, 0.15) is 13.8 Å². The van der Waals surface area contributed by atoms with Gasteiger partial charge in [0.15, 0.2) is 0 Å². The molecule has 1 aromatic heterocycles. The average molecular weight is 291 g/mol. The van der Waals surface area contributed by atoms with Gasteiger partial charge in [0.05, 0.1) is 4.92 Å². The maximum atomic E-state index is 12.9. The van der Waals surface area contributed by atoms with Crippen LogP contribution in [0.15, 0.2) is 30.6 Å². The first-order chi connectivity index (χ1) is 9.97. The maximum absolute atomic E-state index is 12.9. The molecule has 7 nitrogen and oxygen atoms in total. The smallest absolute Gasteiger partial charge is 0.353 e. The molecule has 0 aliphatic heterocycles. The van der Waals surface area contributed by atoms with Gasteiger partial charge in [0.2, 0.25) is 11.6 Å². The van der Waals surface area contributed by atoms with E-state index in [1.54, 1.807) is 0 Å². The Kier molecular flexibility index (Phi) is 4.27. The second-order valence-electron chi connectivity index (χ2n) is 4.61. The molecule has 8 heteroatoms. The number of halogens is 1. The van der Waals surface area contributed by atoms with Crippen molar-refractivity contribution >= 4 is 23.0 Å². The average Bonchev–Trinajstić information content (AvgIpc) is 2.40. The summed E-state index contributed by atoms with van der Waals surface area (Å²) >= 11 is 0. The quantitative estimate of drug-likeness (QED) is 0.649. The Balaban J connectivity index is 2.38. The summed E-state index contributed by atoms with van der Waals surface area (Å²) in [4.78, 5) is 18.5. The molecule has 0 radical (unpaired) electrons. The fourth-order valence-corrected chi connectivity index (χ4v) is 1.69. The predicted molar refractivity (Wildman–Crippen MR) is 77.1 cm³/mol. The number of anilines is 3. The molecular formula is C13H14FN5O2. The number of hydrogen-bond acceptors (Lipinski definition) is 6. The summed E-state index contributed by atoms with van der Waals surface area (Å²) < 4.78 is 12.9. The van der Waals surface area contributed by atoms with Crippen molar-refractivity contribution in [1.29, 1.82) is 0 Å². The van der Waals surface area contributed by atoms with Crippen LogP contribution in [0.25, 0.3) is 0 Å². The van der Waals surface area contributed by atoms with Gasteiger partial charge in [-0.15, -0.1) is 0 Å². The first kappa shape index (κ1) is 14.6. The molecule has 21 heavy (non-hydrogen) atoms. The second kappa shape index (κ2) is 6.12. The van der Waals surface area contributed by atoms with Gasteiger partial charge in [-0.3, -0.25) is 10.1 Å². The lowest BCUT2D eigenvalue weighted by molar-refractivity contribution is -0.383. The van der Waals surface area contributed by atoms with Crippen LogP contribution in [0.3, 0.4) is 0 Å². The molecule has 0 amide bonds. The molecule has 1 aromatic carbocycles. The van der Waals surface area contributed by atoms with Gasteiger partial charge in [-0.25, -0.2) is 14.4 Å². The highest BCUT2D eigenvalue weighted by Gasteiger charge is 2.23. The summed E-state index contributed by atoms with van der Waals surface area (Å²) in [6.07, 6.45) is 1.23. The summed E-state index contributed by atoms with van der Waals surface area (Å²) in [5.74, 6) is -0.209. The minimum absolute atomic E-state index is 0.0164. The van der Waals surface area contributed by atoms with Gasteiger partial charge in [0.1, 0.15) is 12.1 Å². The van der Waals surface area contributed by atoms with Crippen molar-refractivity contribution < 1.29 is 9.31 Å². The van der Waals surface area contributed by atoms with E-state index in [2.05, 4.69) is 20.6 Å². The van der Waals surface area contributed by atoms with Crippen LogP contribution in [0, 0.1) is 15.9 Å². The number of aromatic nitrogens is 2. The lowest BCUT2D eigenvalue weighted by Gasteiger charge is -2.11. The fraction of sp³-hybridized carbons (Fsp3) is 0.231. The topological polar surface area (TPSA) is 93.0 Å². The Hall–Kier alpha value is -2.77. The zero-order valence-electron chi connectivity index (χ0n) is 11.5. The highest BCUT2D eigenvalue weighted by Crippen LogP contribution is 2.31. The zero-order valence-corrected chi connectivity index (χ0v) is 11.5. The number of nitrogens with zero attached hydrogens (tertiary/aromatic N) is 3. The molecule has 110 valence electrons. The van der Waals surface area contributed by atoms with E-state index in [0.717, 1.165) is 0 Å². The maximum Gasteiger partial charge on any atom is 0.353 e. The van der Waals surface area contributed by atoms with Gasteiger partial charge in [-0.05, 0) is 38.1 Å². The Labute approximate surface area is 120 Å². The summed E-state index contributed by atoms with van der Waals surface area (Å²) in [5.41, 5.74) is 0.240. The predicted octanol–water partition coefficient (Wildman–Crippen LogP) is 3.09. The van der Waals surface area contributed by atoms with Crippen LogP contribution in [0.2, 0.25) is 0 Å². The van der Waals surface area contributed by atoms with Crippen LogP contribution >= 0.6 is 0 Å². The van der Waals surface area contributed by atoms with Gasteiger partial charge in [-0.2, -0.15) is 0 Å². The molecule has 0 spiro atoms. The number of benzene rings is 1. The second-order valence-corrected chi connectivity index (χ2v) is 4.61. The molecule has 2 rings (SSSR count). The molecule has 0 unspecified atom stereocenters. The molecule has 0 saturated heterocycles. The largest absolute Gasteiger partial charge is 0.362 e. The van der Waals surface area contributed by atoms with Gasteiger partial charge >= 0.3 is 5.69 Å². The molecule has 2 aromatic rings. The monoisotopic (exact) mass is 291 g/mol. The van der Waals surface area contributed by atoms with E-state index in [4.69, 9.17) is 0 Å². The molecular weight excluding hydrogens is 277 g/mol. The third-order valence-electron chi connectivity index (χ3n) is 2.54. The van der Waals surface area contributed by atoms with Gasteiger partial charge in [0, 0.05) is 11.7 Å². The standard InChI is InChI=1S/C13H14FN5O2/c1-8(2)17-12-11(19(20)21)13(16-7-15-12)18-10-5-3-9(14)4-6-10/h3-8H,1-2H3,(H2,15,16,17,18). The van der Waals surface area contributed by atoms with Crippen LogP contribution in [0.4, 0.5) is 27.4 Å². The Morgan fingerprint density at radius 3 is 2.38 bits per heavy atom. The first-order valence-corrected chi connectivity index (χ1v) is 6.26. The lowest BCUT2D eigenvalue weighted by Crippen LogP contribution is -2.14. The van der Waals surface area contributed by atoms with E-state index >= 15 is 0 Å². The number of rotatable bonds is 5. The fourth-order valence-electron chi connectivity index (χ4n) is 1.69. The summed E-state index contributed by atoms with van der Waals surface area (Å²) in [6, 6.07) is 5.43. The zero-order chi connectivity index (χ0) is 15.4. The Morgan fingerprint density at radius 1 is 1.19 bits per heavy atom. The normalized spacial score (nSPS) is 10.5.